The highest BCUT2D eigenvalue weighted by atomic mass is 19.1. The largest absolute Gasteiger partial charge is 0.205 e. The van der Waals surface area contributed by atoms with Crippen LogP contribution in [0.15, 0.2) is 29.6 Å². The van der Waals surface area contributed by atoms with Gasteiger partial charge in [-0.15, -0.1) is 5.10 Å². The van der Waals surface area contributed by atoms with Gasteiger partial charge in [-0.1, -0.05) is 5.11 Å². The average Bonchev–Trinajstić information content (AvgIpc) is 2.74. The van der Waals surface area contributed by atoms with E-state index in [1.54, 1.807) is 0 Å². The maximum absolute atomic E-state index is 13.3. The number of hydrogen-bond acceptors (Lipinski definition) is 4. The van der Waals surface area contributed by atoms with Crippen molar-refractivity contribution in [2.24, 2.45) is 5.11 Å². The van der Waals surface area contributed by atoms with E-state index in [9.17, 15) is 4.39 Å². The van der Waals surface area contributed by atoms with E-state index in [4.69, 9.17) is 5.53 Å². The van der Waals surface area contributed by atoms with E-state index < -0.39 is 5.82 Å². The van der Waals surface area contributed by atoms with Crippen molar-refractivity contribution in [1.29, 1.82) is 0 Å². The molecule has 2 rings (SSSR count). The summed E-state index contributed by atoms with van der Waals surface area (Å²) in [4.78, 5) is 2.60. The molecule has 0 saturated carbocycles. The van der Waals surface area contributed by atoms with Crippen LogP contribution in [0.2, 0.25) is 0 Å². The number of tetrazole rings is 1. The van der Waals surface area contributed by atoms with Crippen LogP contribution in [-0.4, -0.2) is 20.2 Å². The number of rotatable bonds is 2. The van der Waals surface area contributed by atoms with Crippen LogP contribution >= 0.6 is 0 Å². The summed E-state index contributed by atoms with van der Waals surface area (Å²) in [7, 11) is 0. The van der Waals surface area contributed by atoms with Crippen molar-refractivity contribution >= 4 is 5.69 Å². The van der Waals surface area contributed by atoms with Crippen molar-refractivity contribution in [3.63, 3.8) is 0 Å². The van der Waals surface area contributed by atoms with E-state index in [-0.39, 0.29) is 5.69 Å². The summed E-state index contributed by atoms with van der Waals surface area (Å²) < 4.78 is 14.5. The van der Waals surface area contributed by atoms with Gasteiger partial charge in [-0.2, -0.15) is 4.68 Å². The Morgan fingerprint density at radius 3 is 3.00 bits per heavy atom. The Morgan fingerprint density at radius 2 is 2.33 bits per heavy atom. The minimum Gasteiger partial charge on any atom is -0.205 e. The second kappa shape index (κ2) is 3.72. The van der Waals surface area contributed by atoms with Gasteiger partial charge in [0.15, 0.2) is 0 Å². The van der Waals surface area contributed by atoms with E-state index in [0.717, 1.165) is 4.68 Å². The van der Waals surface area contributed by atoms with Gasteiger partial charge in [0.05, 0.1) is 0 Å². The standard InChI is InChI=1S/C7H4FN7/c8-6-2-1-5(11-12-9)3-7(6)15-4-10-13-14-15/h1-4H. The molecule has 0 aliphatic heterocycles. The second-order valence-electron chi connectivity index (χ2n) is 2.58. The third-order valence-electron chi connectivity index (χ3n) is 1.69. The summed E-state index contributed by atoms with van der Waals surface area (Å²) >= 11 is 0. The number of nitrogens with zero attached hydrogens (tertiary/aromatic N) is 7. The van der Waals surface area contributed by atoms with Crippen molar-refractivity contribution in [2.75, 3.05) is 0 Å². The molecule has 0 bridgehead atoms. The maximum atomic E-state index is 13.3. The van der Waals surface area contributed by atoms with Crippen molar-refractivity contribution in [1.82, 2.24) is 20.2 Å². The molecule has 1 heterocycles. The zero-order valence-electron chi connectivity index (χ0n) is 7.32. The Kier molecular flexibility index (Phi) is 2.26. The number of azide groups is 1. The van der Waals surface area contributed by atoms with Crippen molar-refractivity contribution in [3.8, 4) is 5.69 Å². The molecule has 8 heteroatoms. The van der Waals surface area contributed by atoms with Gasteiger partial charge in [-0.3, -0.25) is 0 Å². The Hall–Kier alpha value is -2.47. The molecule has 0 saturated heterocycles. The van der Waals surface area contributed by atoms with Gasteiger partial charge in [0, 0.05) is 10.6 Å². The summed E-state index contributed by atoms with van der Waals surface area (Å²) in [6.45, 7) is 0. The lowest BCUT2D eigenvalue weighted by atomic mass is 10.3. The van der Waals surface area contributed by atoms with Crippen LogP contribution in [0.25, 0.3) is 16.1 Å². The number of hydrogen-bond donors (Lipinski definition) is 0. The quantitative estimate of drug-likeness (QED) is 0.424. The predicted octanol–water partition coefficient (Wildman–Crippen LogP) is 1.74. The van der Waals surface area contributed by atoms with E-state index >= 15 is 0 Å². The molecule has 0 spiro atoms. The van der Waals surface area contributed by atoms with Gasteiger partial charge in [-0.25, -0.2) is 4.39 Å². The molecule has 7 nitrogen and oxygen atoms in total. The molecule has 0 radical (unpaired) electrons. The normalized spacial score (nSPS) is 9.67. The van der Waals surface area contributed by atoms with Gasteiger partial charge in [0.2, 0.25) is 0 Å². The lowest BCUT2D eigenvalue weighted by Gasteiger charge is -2.01. The third-order valence-corrected chi connectivity index (χ3v) is 1.69. The molecule has 0 amide bonds. The lowest BCUT2D eigenvalue weighted by molar-refractivity contribution is 0.607. The van der Waals surface area contributed by atoms with Crippen molar-refractivity contribution in [2.45, 2.75) is 0 Å². The summed E-state index contributed by atoms with van der Waals surface area (Å²) in [6.07, 6.45) is 1.25. The first-order chi connectivity index (χ1) is 7.31. The molecular formula is C7H4FN7. The maximum Gasteiger partial charge on any atom is 0.149 e. The first-order valence-electron chi connectivity index (χ1n) is 3.89. The first kappa shape index (κ1) is 9.10. The SMILES string of the molecule is [N-]=[N+]=Nc1ccc(F)c(-n2cnnn2)c1. The highest BCUT2D eigenvalue weighted by Gasteiger charge is 2.06. The fourth-order valence-electron chi connectivity index (χ4n) is 1.06. The van der Waals surface area contributed by atoms with Crippen LogP contribution in [0, 0.1) is 5.82 Å². The number of halogens is 1. The van der Waals surface area contributed by atoms with Gasteiger partial charge in [-0.05, 0) is 34.2 Å². The Morgan fingerprint density at radius 1 is 1.47 bits per heavy atom. The molecule has 0 fully saturated rings. The Labute approximate surface area is 82.8 Å². The molecule has 0 unspecified atom stereocenters. The van der Waals surface area contributed by atoms with Crippen LogP contribution < -0.4 is 0 Å². The van der Waals surface area contributed by atoms with Crippen LogP contribution in [0.5, 0.6) is 0 Å². The highest BCUT2D eigenvalue weighted by molar-refractivity contribution is 5.47. The fourth-order valence-corrected chi connectivity index (χ4v) is 1.06. The van der Waals surface area contributed by atoms with Gasteiger partial charge < -0.3 is 0 Å². The van der Waals surface area contributed by atoms with Crippen molar-refractivity contribution in [3.05, 3.63) is 40.8 Å². The minimum absolute atomic E-state index is 0.130. The van der Waals surface area contributed by atoms with Gasteiger partial charge in [0.1, 0.15) is 17.8 Å². The third kappa shape index (κ3) is 1.74. The minimum atomic E-state index is -0.501. The Bertz CT molecular complexity index is 514. The van der Waals surface area contributed by atoms with Crippen LogP contribution in [-0.2, 0) is 0 Å². The molecule has 0 aliphatic rings. The summed E-state index contributed by atoms with van der Waals surface area (Å²) in [6, 6.07) is 3.90. The molecule has 0 N–H and O–H groups in total. The zero-order chi connectivity index (χ0) is 10.7. The van der Waals surface area contributed by atoms with Crippen LogP contribution in [0.3, 0.4) is 0 Å². The molecule has 15 heavy (non-hydrogen) atoms. The lowest BCUT2D eigenvalue weighted by Crippen LogP contribution is -1.98. The second-order valence-corrected chi connectivity index (χ2v) is 2.58. The van der Waals surface area contributed by atoms with E-state index in [1.807, 2.05) is 0 Å². The molecule has 74 valence electrons. The van der Waals surface area contributed by atoms with Crippen LogP contribution in [0.4, 0.5) is 10.1 Å². The number of benzene rings is 1. The smallest absolute Gasteiger partial charge is 0.149 e. The summed E-state index contributed by atoms with van der Waals surface area (Å²) in [5.74, 6) is -0.501. The molecule has 1 aromatic heterocycles. The van der Waals surface area contributed by atoms with E-state index in [1.165, 1.54) is 24.5 Å². The van der Waals surface area contributed by atoms with Crippen LogP contribution in [0.1, 0.15) is 0 Å². The summed E-state index contributed by atoms with van der Waals surface area (Å²) in [5.41, 5.74) is 8.65. The zero-order valence-corrected chi connectivity index (χ0v) is 7.32. The predicted molar refractivity (Wildman–Crippen MR) is 47.9 cm³/mol. The summed E-state index contributed by atoms with van der Waals surface area (Å²) in [5, 5.41) is 13.6. The molecular weight excluding hydrogens is 201 g/mol. The van der Waals surface area contributed by atoms with E-state index in [0.29, 0.717) is 5.69 Å². The Balaban J connectivity index is 2.55. The fraction of sp³-hybridized carbons (Fsp3) is 0. The first-order valence-corrected chi connectivity index (χ1v) is 3.89. The topological polar surface area (TPSA) is 92.4 Å². The molecule has 2 aromatic rings. The molecule has 1 aromatic carbocycles. The average molecular weight is 205 g/mol. The van der Waals surface area contributed by atoms with Crippen molar-refractivity contribution < 1.29 is 4.39 Å². The molecule has 0 aliphatic carbocycles. The van der Waals surface area contributed by atoms with E-state index in [2.05, 4.69) is 25.6 Å². The number of aromatic nitrogens is 4. The monoisotopic (exact) mass is 205 g/mol. The van der Waals surface area contributed by atoms with Gasteiger partial charge >= 0.3 is 0 Å². The molecule has 0 atom stereocenters. The van der Waals surface area contributed by atoms with Gasteiger partial charge in [0.25, 0.3) is 0 Å². The highest BCUT2D eigenvalue weighted by Crippen LogP contribution is 2.19.